The van der Waals surface area contributed by atoms with Gasteiger partial charge < -0.3 is 30.9 Å². The zero-order valence-corrected chi connectivity index (χ0v) is 15.6. The van der Waals surface area contributed by atoms with Gasteiger partial charge in [-0.3, -0.25) is 9.59 Å². The lowest BCUT2D eigenvalue weighted by Crippen LogP contribution is -2.49. The summed E-state index contributed by atoms with van der Waals surface area (Å²) in [6.45, 7) is 4.83. The van der Waals surface area contributed by atoms with Crippen molar-refractivity contribution in [3.63, 3.8) is 0 Å². The number of anilines is 2. The van der Waals surface area contributed by atoms with Gasteiger partial charge in [-0.2, -0.15) is 0 Å². The molecule has 1 unspecified atom stereocenters. The van der Waals surface area contributed by atoms with Gasteiger partial charge in [-0.05, 0) is 38.5 Å². The summed E-state index contributed by atoms with van der Waals surface area (Å²) >= 11 is 0. The van der Waals surface area contributed by atoms with Crippen molar-refractivity contribution < 1.29 is 10.0 Å². The maximum absolute atomic E-state index is 12.3. The zero-order valence-electron chi connectivity index (χ0n) is 15.6. The Bertz CT molecular complexity index is 710. The topological polar surface area (TPSA) is 119 Å². The van der Waals surface area contributed by atoms with Crippen molar-refractivity contribution in [3.05, 3.63) is 20.4 Å². The minimum absolute atomic E-state index is 0.136. The number of nitrogens with zero attached hydrogens (tertiary/aromatic N) is 2. The van der Waals surface area contributed by atoms with Crippen molar-refractivity contribution in [1.82, 2.24) is 5.32 Å². The molecule has 2 fully saturated rings. The van der Waals surface area contributed by atoms with E-state index in [2.05, 4.69) is 5.32 Å². The second-order valence-electron chi connectivity index (χ2n) is 8.11. The van der Waals surface area contributed by atoms with E-state index in [1.54, 1.807) is 0 Å². The number of rotatable bonds is 7. The lowest BCUT2D eigenvalue weighted by Gasteiger charge is -2.32. The molecular weight excluding hydrogens is 335 g/mol. The minimum Gasteiger partial charge on any atom is -0.427 e. The Morgan fingerprint density at radius 1 is 1.38 bits per heavy atom. The lowest BCUT2D eigenvalue weighted by molar-refractivity contribution is 0.343. The molecular formula is C17H29BN4O4. The van der Waals surface area contributed by atoms with Gasteiger partial charge in [0.25, 0.3) is 10.9 Å². The van der Waals surface area contributed by atoms with Gasteiger partial charge in [-0.15, -0.1) is 0 Å². The third-order valence-corrected chi connectivity index (χ3v) is 6.03. The van der Waals surface area contributed by atoms with E-state index < -0.39 is 23.5 Å². The van der Waals surface area contributed by atoms with Gasteiger partial charge in [-0.25, -0.2) is 0 Å². The van der Waals surface area contributed by atoms with Crippen LogP contribution in [0.5, 0.6) is 0 Å². The van der Waals surface area contributed by atoms with Crippen LogP contribution in [0.3, 0.4) is 0 Å². The molecule has 0 saturated carbocycles. The smallest absolute Gasteiger partial charge is 0.427 e. The van der Waals surface area contributed by atoms with Crippen LogP contribution in [0.1, 0.15) is 26.2 Å². The predicted molar refractivity (Wildman–Crippen MR) is 104 cm³/mol. The number of hydrogen-bond acceptors (Lipinski definition) is 8. The number of likely N-dealkylation sites (N-methyl/N-ethyl adjacent to an activating group) is 1. The van der Waals surface area contributed by atoms with Gasteiger partial charge in [0, 0.05) is 38.3 Å². The summed E-state index contributed by atoms with van der Waals surface area (Å²) in [5, 5.41) is 21.3. The molecule has 26 heavy (non-hydrogen) atoms. The molecule has 9 heteroatoms. The summed E-state index contributed by atoms with van der Waals surface area (Å²) in [4.78, 5) is 28.4. The molecule has 1 aromatic carbocycles. The van der Waals surface area contributed by atoms with E-state index in [1.807, 2.05) is 23.8 Å². The first kappa shape index (κ1) is 19.3. The molecule has 2 heterocycles. The molecule has 0 spiro atoms. The lowest BCUT2D eigenvalue weighted by atomic mass is 9.79. The standard InChI is InChI=1S/C17H29BN4O4/c1-17(19)10-22(9-11(17)4-3-6-18(25)26)14-13(15(23)16(14)24)21(2)12-5-7-20-8-12/h11-12,20,25-26H,3-10,19H2,1-2H3/t11-,12?,17-/m0/s1. The maximum atomic E-state index is 12.3. The van der Waals surface area contributed by atoms with E-state index >= 15 is 0 Å². The van der Waals surface area contributed by atoms with Crippen molar-refractivity contribution in [2.45, 2.75) is 44.1 Å². The Morgan fingerprint density at radius 3 is 2.73 bits per heavy atom. The fourth-order valence-corrected chi connectivity index (χ4v) is 4.36. The normalized spacial score (nSPS) is 28.9. The number of hydrogen-bond donors (Lipinski definition) is 4. The summed E-state index contributed by atoms with van der Waals surface area (Å²) < 4.78 is 0. The number of nitrogens with one attached hydrogen (secondary N) is 1. The molecule has 0 aromatic heterocycles. The van der Waals surface area contributed by atoms with Crippen LogP contribution in [-0.2, 0) is 0 Å². The Morgan fingerprint density at radius 2 is 2.12 bits per heavy atom. The van der Waals surface area contributed by atoms with Crippen molar-refractivity contribution in [3.8, 4) is 0 Å². The van der Waals surface area contributed by atoms with Gasteiger partial charge in [-0.1, -0.05) is 6.42 Å². The highest BCUT2D eigenvalue weighted by atomic mass is 16.4. The Kier molecular flexibility index (Phi) is 5.44. The summed E-state index contributed by atoms with van der Waals surface area (Å²) in [5.41, 5.74) is 6.18. The monoisotopic (exact) mass is 364 g/mol. The zero-order chi connectivity index (χ0) is 19.1. The van der Waals surface area contributed by atoms with Crippen LogP contribution in [0.25, 0.3) is 0 Å². The Balaban J connectivity index is 1.75. The largest absolute Gasteiger partial charge is 0.451 e. The first-order valence-corrected chi connectivity index (χ1v) is 9.39. The van der Waals surface area contributed by atoms with Crippen molar-refractivity contribution >= 4 is 18.5 Å². The van der Waals surface area contributed by atoms with Crippen LogP contribution in [0, 0.1) is 5.92 Å². The molecule has 5 N–H and O–H groups in total. The first-order chi connectivity index (χ1) is 12.2. The average molecular weight is 364 g/mol. The molecule has 0 amide bonds. The average Bonchev–Trinajstić information content (AvgIpc) is 3.19. The van der Waals surface area contributed by atoms with Crippen LogP contribution >= 0.6 is 0 Å². The van der Waals surface area contributed by atoms with Crippen LogP contribution in [0.2, 0.25) is 6.32 Å². The van der Waals surface area contributed by atoms with E-state index in [0.29, 0.717) is 37.2 Å². The van der Waals surface area contributed by atoms with Gasteiger partial charge in [0.2, 0.25) is 0 Å². The van der Waals surface area contributed by atoms with Crippen molar-refractivity contribution in [2.24, 2.45) is 11.7 Å². The summed E-state index contributed by atoms with van der Waals surface area (Å²) in [6, 6.07) is 0.228. The third-order valence-electron chi connectivity index (χ3n) is 6.03. The van der Waals surface area contributed by atoms with E-state index in [-0.39, 0.29) is 12.0 Å². The highest BCUT2D eigenvalue weighted by Gasteiger charge is 2.43. The summed E-state index contributed by atoms with van der Waals surface area (Å²) in [7, 11) is 0.583. The van der Waals surface area contributed by atoms with Gasteiger partial charge >= 0.3 is 7.12 Å². The number of nitrogens with two attached hydrogens (primary N) is 1. The van der Waals surface area contributed by atoms with Crippen LogP contribution < -0.4 is 31.7 Å². The van der Waals surface area contributed by atoms with Gasteiger partial charge in [0.05, 0.1) is 0 Å². The molecule has 0 radical (unpaired) electrons. The maximum Gasteiger partial charge on any atom is 0.451 e. The van der Waals surface area contributed by atoms with Crippen LogP contribution in [0.15, 0.2) is 9.59 Å². The Labute approximate surface area is 153 Å². The fourth-order valence-electron chi connectivity index (χ4n) is 4.36. The molecule has 0 aliphatic carbocycles. The molecule has 0 bridgehead atoms. The molecule has 3 atom stereocenters. The first-order valence-electron chi connectivity index (χ1n) is 9.39. The van der Waals surface area contributed by atoms with Crippen molar-refractivity contribution in [2.75, 3.05) is 43.0 Å². The second kappa shape index (κ2) is 7.30. The summed E-state index contributed by atoms with van der Waals surface area (Å²) in [5.74, 6) is 0.136. The van der Waals surface area contributed by atoms with E-state index in [9.17, 15) is 9.59 Å². The molecule has 2 saturated heterocycles. The van der Waals surface area contributed by atoms with Gasteiger partial charge in [0.1, 0.15) is 11.4 Å². The van der Waals surface area contributed by atoms with Gasteiger partial charge in [0.15, 0.2) is 0 Å². The quantitative estimate of drug-likeness (QED) is 0.341. The highest BCUT2D eigenvalue weighted by molar-refractivity contribution is 6.40. The minimum atomic E-state index is -1.30. The molecule has 2 aliphatic heterocycles. The molecule has 3 rings (SSSR count). The second-order valence-corrected chi connectivity index (χ2v) is 8.11. The SMILES string of the molecule is CN(c1c(N2C[C@H](CCCB(O)O)[C@@](C)(N)C2)c(=O)c1=O)C1CCNC1. The molecule has 2 aliphatic rings. The third kappa shape index (κ3) is 3.53. The van der Waals surface area contributed by atoms with E-state index in [0.717, 1.165) is 25.9 Å². The van der Waals surface area contributed by atoms with Crippen LogP contribution in [-0.4, -0.2) is 62.0 Å². The van der Waals surface area contributed by atoms with Crippen molar-refractivity contribution in [1.29, 1.82) is 0 Å². The Hall–Kier alpha value is -1.42. The molecule has 8 nitrogen and oxygen atoms in total. The summed E-state index contributed by atoms with van der Waals surface area (Å²) in [6.07, 6.45) is 2.69. The fraction of sp³-hybridized carbons (Fsp3) is 0.765. The van der Waals surface area contributed by atoms with E-state index in [1.165, 1.54) is 0 Å². The highest BCUT2D eigenvalue weighted by Crippen LogP contribution is 2.36. The van der Waals surface area contributed by atoms with E-state index in [4.69, 9.17) is 15.8 Å². The van der Waals surface area contributed by atoms with Crippen LogP contribution in [0.4, 0.5) is 11.4 Å². The molecule has 1 aromatic rings. The predicted octanol–water partition coefficient (Wildman–Crippen LogP) is -1.51. The molecule has 144 valence electrons.